The molecular formula is C13H10O4. The van der Waals surface area contributed by atoms with Crippen molar-refractivity contribution in [2.45, 2.75) is 12.5 Å². The predicted molar refractivity (Wildman–Crippen MR) is 59.9 cm³/mol. The maximum Gasteiger partial charge on any atom is 0.294 e. The highest BCUT2D eigenvalue weighted by atomic mass is 16.5. The second kappa shape index (κ2) is 4.33. The van der Waals surface area contributed by atoms with Crippen LogP contribution in [0.1, 0.15) is 26.3 Å². The van der Waals surface area contributed by atoms with Gasteiger partial charge in [0.15, 0.2) is 0 Å². The number of allylic oxidation sites excluding steroid dienone is 1. The van der Waals surface area contributed by atoms with Gasteiger partial charge in [0.2, 0.25) is 17.7 Å². The van der Waals surface area contributed by atoms with Crippen molar-refractivity contribution in [3.63, 3.8) is 0 Å². The smallest absolute Gasteiger partial charge is 0.294 e. The van der Waals surface area contributed by atoms with Crippen molar-refractivity contribution >= 4 is 18.0 Å². The molecule has 0 saturated heterocycles. The van der Waals surface area contributed by atoms with Gasteiger partial charge < -0.3 is 4.74 Å². The first-order valence-corrected chi connectivity index (χ1v) is 5.10. The van der Waals surface area contributed by atoms with Crippen molar-refractivity contribution in [1.82, 2.24) is 0 Å². The third-order valence-corrected chi connectivity index (χ3v) is 2.66. The van der Waals surface area contributed by atoms with E-state index in [0.29, 0.717) is 17.5 Å². The lowest BCUT2D eigenvalue weighted by molar-refractivity contribution is -0.130. The van der Waals surface area contributed by atoms with Gasteiger partial charge >= 0.3 is 0 Å². The Morgan fingerprint density at radius 3 is 2.59 bits per heavy atom. The number of carbonyl (C=O) groups excluding carboxylic acids is 3. The van der Waals surface area contributed by atoms with Gasteiger partial charge in [-0.25, -0.2) is 0 Å². The van der Waals surface area contributed by atoms with Crippen LogP contribution in [-0.4, -0.2) is 24.1 Å². The summed E-state index contributed by atoms with van der Waals surface area (Å²) in [5.74, 6) is -0.912. The van der Waals surface area contributed by atoms with Gasteiger partial charge in [-0.1, -0.05) is 18.2 Å². The number of carbonyl (C=O) groups is 3. The summed E-state index contributed by atoms with van der Waals surface area (Å²) in [5.41, 5.74) is 1.53. The van der Waals surface area contributed by atoms with Crippen molar-refractivity contribution in [3.05, 3.63) is 47.5 Å². The maximum absolute atomic E-state index is 11.8. The fourth-order valence-electron chi connectivity index (χ4n) is 1.88. The van der Waals surface area contributed by atoms with Crippen molar-refractivity contribution < 1.29 is 19.1 Å². The lowest BCUT2D eigenvalue weighted by Gasteiger charge is -2.01. The monoisotopic (exact) mass is 230 g/mol. The molecule has 0 radical (unpaired) electrons. The summed E-state index contributed by atoms with van der Waals surface area (Å²) < 4.78 is 4.51. The summed E-state index contributed by atoms with van der Waals surface area (Å²) in [5, 5.41) is 0. The zero-order chi connectivity index (χ0) is 12.4. The number of Topliss-reactive ketones (excluding diaryl/α,β-unsaturated/α-hetero) is 2. The predicted octanol–water partition coefficient (Wildman–Crippen LogP) is 1.34. The van der Waals surface area contributed by atoms with Crippen molar-refractivity contribution in [2.75, 3.05) is 0 Å². The molecule has 0 spiro atoms. The highest BCUT2D eigenvalue weighted by Crippen LogP contribution is 2.25. The lowest BCUT2D eigenvalue weighted by Crippen LogP contribution is -2.25. The molecule has 1 unspecified atom stereocenters. The molecule has 0 heterocycles. The number of hydrogen-bond donors (Lipinski definition) is 0. The Morgan fingerprint density at radius 2 is 1.94 bits per heavy atom. The Labute approximate surface area is 97.9 Å². The van der Waals surface area contributed by atoms with Crippen LogP contribution in [0.15, 0.2) is 30.9 Å². The van der Waals surface area contributed by atoms with Gasteiger partial charge in [-0.2, -0.15) is 0 Å². The molecule has 0 aliphatic heterocycles. The Morgan fingerprint density at radius 1 is 1.24 bits per heavy atom. The molecule has 1 aromatic rings. The van der Waals surface area contributed by atoms with E-state index in [9.17, 15) is 14.4 Å². The minimum absolute atomic E-state index is 0.122. The molecule has 86 valence electrons. The van der Waals surface area contributed by atoms with Crippen molar-refractivity contribution in [1.29, 1.82) is 0 Å². The SMILES string of the molecule is C=CCc1ccc2c(c1)C(=O)C(OC=O)C2=O. The fourth-order valence-corrected chi connectivity index (χ4v) is 1.88. The zero-order valence-electron chi connectivity index (χ0n) is 9.01. The molecule has 0 aromatic heterocycles. The Bertz CT molecular complexity index is 516. The third kappa shape index (κ3) is 1.78. The van der Waals surface area contributed by atoms with E-state index in [2.05, 4.69) is 11.3 Å². The third-order valence-electron chi connectivity index (χ3n) is 2.66. The summed E-state index contributed by atoms with van der Waals surface area (Å²) >= 11 is 0. The van der Waals surface area contributed by atoms with Gasteiger partial charge in [0, 0.05) is 11.1 Å². The molecule has 0 N–H and O–H groups in total. The van der Waals surface area contributed by atoms with Crippen LogP contribution >= 0.6 is 0 Å². The van der Waals surface area contributed by atoms with Gasteiger partial charge in [0.25, 0.3) is 6.47 Å². The van der Waals surface area contributed by atoms with Crippen LogP contribution in [0.3, 0.4) is 0 Å². The molecule has 17 heavy (non-hydrogen) atoms. The topological polar surface area (TPSA) is 60.4 Å². The number of hydrogen-bond acceptors (Lipinski definition) is 4. The molecule has 1 atom stereocenters. The first-order chi connectivity index (χ1) is 8.19. The highest BCUT2D eigenvalue weighted by Gasteiger charge is 2.40. The molecule has 1 aliphatic carbocycles. The zero-order valence-corrected chi connectivity index (χ0v) is 9.01. The lowest BCUT2D eigenvalue weighted by atomic mass is 10.0. The Balaban J connectivity index is 2.42. The van der Waals surface area contributed by atoms with Gasteiger partial charge in [0.05, 0.1) is 0 Å². The molecule has 0 amide bonds. The van der Waals surface area contributed by atoms with Gasteiger partial charge in [0.1, 0.15) is 0 Å². The first-order valence-electron chi connectivity index (χ1n) is 5.10. The van der Waals surface area contributed by atoms with Crippen LogP contribution in [0.4, 0.5) is 0 Å². The highest BCUT2D eigenvalue weighted by molar-refractivity contribution is 6.29. The molecule has 0 bridgehead atoms. The van der Waals surface area contributed by atoms with Crippen LogP contribution < -0.4 is 0 Å². The summed E-state index contributed by atoms with van der Waals surface area (Å²) in [4.78, 5) is 33.8. The summed E-state index contributed by atoms with van der Waals surface area (Å²) in [7, 11) is 0. The number of benzene rings is 1. The number of fused-ring (bicyclic) bond motifs is 1. The number of rotatable bonds is 4. The normalized spacial score (nSPS) is 17.8. The second-order valence-corrected chi connectivity index (χ2v) is 3.71. The summed E-state index contributed by atoms with van der Waals surface area (Å²) in [6, 6.07) is 4.99. The van der Waals surface area contributed by atoms with E-state index in [0.717, 1.165) is 5.56 Å². The van der Waals surface area contributed by atoms with Gasteiger partial charge in [-0.3, -0.25) is 14.4 Å². The van der Waals surface area contributed by atoms with E-state index in [1.165, 1.54) is 0 Å². The fraction of sp³-hybridized carbons (Fsp3) is 0.154. The van der Waals surface area contributed by atoms with Crippen LogP contribution in [0.2, 0.25) is 0 Å². The molecule has 0 fully saturated rings. The van der Waals surface area contributed by atoms with E-state index in [1.807, 2.05) is 0 Å². The van der Waals surface area contributed by atoms with E-state index in [1.54, 1.807) is 24.3 Å². The average molecular weight is 230 g/mol. The van der Waals surface area contributed by atoms with E-state index in [4.69, 9.17) is 0 Å². The standard InChI is InChI=1S/C13H10O4/c1-2-3-8-4-5-9-10(6-8)12(16)13(11(9)15)17-7-14/h2,4-7,13H,1,3H2. The minimum Gasteiger partial charge on any atom is -0.448 e. The molecular weight excluding hydrogens is 220 g/mol. The maximum atomic E-state index is 11.8. The van der Waals surface area contributed by atoms with Gasteiger partial charge in [-0.05, 0) is 18.1 Å². The van der Waals surface area contributed by atoms with Crippen LogP contribution in [-0.2, 0) is 16.0 Å². The van der Waals surface area contributed by atoms with Crippen molar-refractivity contribution in [2.24, 2.45) is 0 Å². The largest absolute Gasteiger partial charge is 0.448 e. The van der Waals surface area contributed by atoms with E-state index < -0.39 is 17.7 Å². The second-order valence-electron chi connectivity index (χ2n) is 3.71. The van der Waals surface area contributed by atoms with Gasteiger partial charge in [-0.15, -0.1) is 6.58 Å². The number of ether oxygens (including phenoxy) is 1. The summed E-state index contributed by atoms with van der Waals surface area (Å²) in [6.07, 6.45) is 1.03. The molecule has 4 nitrogen and oxygen atoms in total. The van der Waals surface area contributed by atoms with Crippen LogP contribution in [0.5, 0.6) is 0 Å². The van der Waals surface area contributed by atoms with Crippen LogP contribution in [0, 0.1) is 0 Å². The summed E-state index contributed by atoms with van der Waals surface area (Å²) in [6.45, 7) is 3.73. The molecule has 4 heteroatoms. The molecule has 1 aliphatic rings. The Kier molecular flexibility index (Phi) is 2.87. The number of ketones is 2. The van der Waals surface area contributed by atoms with E-state index >= 15 is 0 Å². The Hall–Kier alpha value is -2.23. The first kappa shape index (κ1) is 11.3. The molecule has 2 rings (SSSR count). The van der Waals surface area contributed by atoms with Crippen LogP contribution in [0.25, 0.3) is 0 Å². The molecule has 0 saturated carbocycles. The average Bonchev–Trinajstić information content (AvgIpc) is 2.55. The van der Waals surface area contributed by atoms with E-state index in [-0.39, 0.29) is 6.47 Å². The minimum atomic E-state index is -1.30. The van der Waals surface area contributed by atoms with Crippen molar-refractivity contribution in [3.8, 4) is 0 Å². The quantitative estimate of drug-likeness (QED) is 0.445. The molecule has 1 aromatic carbocycles.